The summed E-state index contributed by atoms with van der Waals surface area (Å²) in [5.74, 6) is 0.756. The van der Waals surface area contributed by atoms with Crippen molar-refractivity contribution in [3.8, 4) is 0 Å². The van der Waals surface area contributed by atoms with Crippen LogP contribution in [-0.4, -0.2) is 6.04 Å². The van der Waals surface area contributed by atoms with E-state index in [1.54, 1.807) is 11.3 Å². The molecule has 1 aliphatic carbocycles. The van der Waals surface area contributed by atoms with Crippen LogP contribution in [0.15, 0.2) is 41.1 Å². The van der Waals surface area contributed by atoms with E-state index in [-0.39, 0.29) is 0 Å². The van der Waals surface area contributed by atoms with Gasteiger partial charge in [0.2, 0.25) is 0 Å². The number of hydrogen-bond acceptors (Lipinski definition) is 2. The van der Waals surface area contributed by atoms with Crippen LogP contribution in [0, 0.1) is 6.92 Å². The van der Waals surface area contributed by atoms with Gasteiger partial charge in [-0.25, -0.2) is 0 Å². The van der Waals surface area contributed by atoms with Crippen molar-refractivity contribution >= 4 is 17.0 Å². The van der Waals surface area contributed by atoms with E-state index in [9.17, 15) is 0 Å². The highest BCUT2D eigenvalue weighted by molar-refractivity contribution is 7.08. The molecule has 0 bridgehead atoms. The molecule has 1 N–H and O–H groups in total. The Morgan fingerprint density at radius 1 is 1.24 bits per heavy atom. The monoisotopic (exact) mass is 243 g/mol. The molecule has 88 valence electrons. The van der Waals surface area contributed by atoms with Crippen LogP contribution in [0.25, 0.3) is 0 Å². The van der Waals surface area contributed by atoms with Gasteiger partial charge in [-0.1, -0.05) is 29.8 Å². The van der Waals surface area contributed by atoms with Gasteiger partial charge in [0, 0.05) is 17.1 Å². The van der Waals surface area contributed by atoms with Gasteiger partial charge in [0.15, 0.2) is 0 Å². The van der Waals surface area contributed by atoms with Gasteiger partial charge in [0.25, 0.3) is 0 Å². The lowest BCUT2D eigenvalue weighted by Crippen LogP contribution is -2.33. The summed E-state index contributed by atoms with van der Waals surface area (Å²) >= 11 is 1.75. The lowest BCUT2D eigenvalue weighted by molar-refractivity contribution is 0.374. The third-order valence-electron chi connectivity index (χ3n) is 3.54. The highest BCUT2D eigenvalue weighted by Crippen LogP contribution is 2.38. The number of nitrogens with one attached hydrogen (secondary N) is 1. The quantitative estimate of drug-likeness (QED) is 0.841. The zero-order valence-electron chi connectivity index (χ0n) is 10.0. The first kappa shape index (κ1) is 10.8. The number of hydrogen-bond donors (Lipinski definition) is 1. The summed E-state index contributed by atoms with van der Waals surface area (Å²) < 4.78 is 0. The Bertz CT molecular complexity index is 483. The van der Waals surface area contributed by atoms with Gasteiger partial charge in [-0.3, -0.25) is 0 Å². The van der Waals surface area contributed by atoms with Gasteiger partial charge < -0.3 is 5.32 Å². The third-order valence-corrected chi connectivity index (χ3v) is 4.23. The molecule has 1 nitrogen and oxygen atoms in total. The molecule has 0 saturated heterocycles. The van der Waals surface area contributed by atoms with Gasteiger partial charge in [0.05, 0.1) is 0 Å². The standard InChI is InChI=1S/C15H17NS/c1-11-3-2-4-12(7-11)13-8-15(9-13)16-14-5-6-17-10-14/h2-7,10,13,15-16H,8-9H2,1H3. The van der Waals surface area contributed by atoms with Gasteiger partial charge >= 0.3 is 0 Å². The summed E-state index contributed by atoms with van der Waals surface area (Å²) in [7, 11) is 0. The minimum atomic E-state index is 0.662. The van der Waals surface area contributed by atoms with Crippen molar-refractivity contribution < 1.29 is 0 Å². The number of thiophene rings is 1. The number of benzene rings is 1. The molecule has 0 atom stereocenters. The van der Waals surface area contributed by atoms with Crippen LogP contribution in [0.1, 0.15) is 29.9 Å². The predicted octanol–water partition coefficient (Wildman–Crippen LogP) is 4.41. The normalized spacial score (nSPS) is 23.1. The average molecular weight is 243 g/mol. The van der Waals surface area contributed by atoms with Crippen LogP contribution in [0.5, 0.6) is 0 Å². The highest BCUT2D eigenvalue weighted by Gasteiger charge is 2.30. The Labute approximate surface area is 106 Å². The summed E-state index contributed by atoms with van der Waals surface area (Å²) in [6, 6.07) is 11.7. The fraction of sp³-hybridized carbons (Fsp3) is 0.333. The molecule has 3 rings (SSSR count). The van der Waals surface area contributed by atoms with E-state index in [1.165, 1.54) is 29.7 Å². The van der Waals surface area contributed by atoms with Crippen LogP contribution >= 0.6 is 11.3 Å². The summed E-state index contributed by atoms with van der Waals surface area (Å²) in [5, 5.41) is 7.89. The average Bonchev–Trinajstić information content (AvgIpc) is 2.75. The summed E-state index contributed by atoms with van der Waals surface area (Å²) in [6.45, 7) is 2.17. The van der Waals surface area contributed by atoms with Crippen LogP contribution in [-0.2, 0) is 0 Å². The number of aryl methyl sites for hydroxylation is 1. The van der Waals surface area contributed by atoms with Crippen LogP contribution in [0.2, 0.25) is 0 Å². The fourth-order valence-electron chi connectivity index (χ4n) is 2.51. The highest BCUT2D eigenvalue weighted by atomic mass is 32.1. The van der Waals surface area contributed by atoms with Crippen molar-refractivity contribution in [3.63, 3.8) is 0 Å². The molecule has 1 aromatic heterocycles. The Morgan fingerprint density at radius 3 is 2.82 bits per heavy atom. The Balaban J connectivity index is 1.58. The van der Waals surface area contributed by atoms with Crippen LogP contribution < -0.4 is 5.32 Å². The zero-order chi connectivity index (χ0) is 11.7. The second-order valence-electron chi connectivity index (χ2n) is 4.94. The van der Waals surface area contributed by atoms with Crippen molar-refractivity contribution in [2.24, 2.45) is 0 Å². The molecule has 1 aliphatic rings. The molecule has 0 radical (unpaired) electrons. The van der Waals surface area contributed by atoms with Crippen molar-refractivity contribution in [1.29, 1.82) is 0 Å². The van der Waals surface area contributed by atoms with Crippen molar-refractivity contribution in [1.82, 2.24) is 0 Å². The van der Waals surface area contributed by atoms with Crippen LogP contribution in [0.3, 0.4) is 0 Å². The molecule has 0 unspecified atom stereocenters. The molecule has 17 heavy (non-hydrogen) atoms. The molecule has 1 heterocycles. The minimum absolute atomic E-state index is 0.662. The second-order valence-corrected chi connectivity index (χ2v) is 5.72. The first-order valence-corrected chi connectivity index (χ1v) is 7.11. The van der Waals surface area contributed by atoms with E-state index >= 15 is 0 Å². The summed E-state index contributed by atoms with van der Waals surface area (Å²) in [6.07, 6.45) is 2.53. The Morgan fingerprint density at radius 2 is 2.12 bits per heavy atom. The summed E-state index contributed by atoms with van der Waals surface area (Å²) in [5.41, 5.74) is 4.16. The molecular formula is C15H17NS. The third kappa shape index (κ3) is 2.37. The largest absolute Gasteiger partial charge is 0.382 e. The van der Waals surface area contributed by atoms with Gasteiger partial charge in [0.1, 0.15) is 0 Å². The van der Waals surface area contributed by atoms with Crippen molar-refractivity contribution in [2.75, 3.05) is 5.32 Å². The van der Waals surface area contributed by atoms with E-state index in [1.807, 2.05) is 0 Å². The zero-order valence-corrected chi connectivity index (χ0v) is 10.8. The maximum absolute atomic E-state index is 3.58. The second kappa shape index (κ2) is 4.53. The Hall–Kier alpha value is -1.28. The topological polar surface area (TPSA) is 12.0 Å². The smallest absolute Gasteiger partial charge is 0.0450 e. The van der Waals surface area contributed by atoms with E-state index < -0.39 is 0 Å². The maximum Gasteiger partial charge on any atom is 0.0450 e. The molecule has 0 aliphatic heterocycles. The van der Waals surface area contributed by atoms with Gasteiger partial charge in [-0.05, 0) is 42.7 Å². The van der Waals surface area contributed by atoms with Crippen LogP contribution in [0.4, 0.5) is 5.69 Å². The van der Waals surface area contributed by atoms with Crippen molar-refractivity contribution in [2.45, 2.75) is 31.7 Å². The molecule has 0 amide bonds. The van der Waals surface area contributed by atoms with Gasteiger partial charge in [-0.15, -0.1) is 0 Å². The molecule has 2 heteroatoms. The molecule has 1 aromatic carbocycles. The number of anilines is 1. The van der Waals surface area contributed by atoms with E-state index in [0.29, 0.717) is 6.04 Å². The van der Waals surface area contributed by atoms with E-state index in [4.69, 9.17) is 0 Å². The lowest BCUT2D eigenvalue weighted by atomic mass is 9.75. The molecule has 1 fully saturated rings. The van der Waals surface area contributed by atoms with E-state index in [0.717, 1.165) is 5.92 Å². The van der Waals surface area contributed by atoms with E-state index in [2.05, 4.69) is 53.3 Å². The molecule has 2 aromatic rings. The van der Waals surface area contributed by atoms with Gasteiger partial charge in [-0.2, -0.15) is 11.3 Å². The van der Waals surface area contributed by atoms with Crippen molar-refractivity contribution in [3.05, 3.63) is 52.2 Å². The first-order chi connectivity index (χ1) is 8.31. The fourth-order valence-corrected chi connectivity index (χ4v) is 3.11. The summed E-state index contributed by atoms with van der Waals surface area (Å²) in [4.78, 5) is 0. The maximum atomic E-state index is 3.58. The SMILES string of the molecule is Cc1cccc(C2CC(Nc3ccsc3)C2)c1. The lowest BCUT2D eigenvalue weighted by Gasteiger charge is -2.36. The minimum Gasteiger partial charge on any atom is -0.382 e. The molecular weight excluding hydrogens is 226 g/mol. The predicted molar refractivity (Wildman–Crippen MR) is 74.9 cm³/mol. The first-order valence-electron chi connectivity index (χ1n) is 6.16. The molecule has 0 spiro atoms. The number of rotatable bonds is 3. The molecule has 1 saturated carbocycles. The Kier molecular flexibility index (Phi) is 2.89.